The van der Waals surface area contributed by atoms with E-state index in [9.17, 15) is 4.79 Å². The van der Waals surface area contributed by atoms with Gasteiger partial charge in [-0.2, -0.15) is 0 Å². The fourth-order valence-corrected chi connectivity index (χ4v) is 4.37. The molecule has 0 spiro atoms. The third kappa shape index (κ3) is 4.63. The van der Waals surface area contributed by atoms with E-state index in [2.05, 4.69) is 46.8 Å². The van der Waals surface area contributed by atoms with Crippen LogP contribution in [-0.4, -0.2) is 40.2 Å². The third-order valence-electron chi connectivity index (χ3n) is 5.89. The lowest BCUT2D eigenvalue weighted by atomic mass is 10.0. The fraction of sp³-hybridized carbons (Fsp3) is 0.375. The first kappa shape index (κ1) is 20.8. The molecule has 0 fully saturated rings. The number of nitrogens with zero attached hydrogens (tertiary/aromatic N) is 2. The highest BCUT2D eigenvalue weighted by Crippen LogP contribution is 2.32. The quantitative estimate of drug-likeness (QED) is 0.531. The van der Waals surface area contributed by atoms with Gasteiger partial charge in [0.2, 0.25) is 0 Å². The first-order chi connectivity index (χ1) is 14.5. The van der Waals surface area contributed by atoms with Gasteiger partial charge < -0.3 is 14.4 Å². The van der Waals surface area contributed by atoms with E-state index in [4.69, 9.17) is 21.4 Å². The first-order valence-corrected chi connectivity index (χ1v) is 10.8. The Kier molecular flexibility index (Phi) is 6.30. The van der Waals surface area contributed by atoms with Crippen molar-refractivity contribution in [1.82, 2.24) is 9.47 Å². The Morgan fingerprint density at radius 3 is 2.77 bits per heavy atom. The number of carboxylic acids is 1. The van der Waals surface area contributed by atoms with E-state index in [0.29, 0.717) is 13.2 Å². The van der Waals surface area contributed by atoms with Crippen LogP contribution in [-0.2, 0) is 31.2 Å². The van der Waals surface area contributed by atoms with Crippen molar-refractivity contribution in [1.29, 1.82) is 0 Å². The Hall–Kier alpha value is -2.50. The number of benzene rings is 2. The minimum absolute atomic E-state index is 0.188. The maximum absolute atomic E-state index is 10.9. The Morgan fingerprint density at radius 1 is 1.20 bits per heavy atom. The highest BCUT2D eigenvalue weighted by molar-refractivity contribution is 6.30. The van der Waals surface area contributed by atoms with Crippen LogP contribution in [0.15, 0.2) is 42.5 Å². The molecule has 2 heterocycles. The minimum Gasteiger partial charge on any atom is -0.494 e. The van der Waals surface area contributed by atoms with Gasteiger partial charge in [0, 0.05) is 48.9 Å². The molecule has 6 heteroatoms. The third-order valence-corrected chi connectivity index (χ3v) is 6.15. The van der Waals surface area contributed by atoms with Crippen LogP contribution in [0.3, 0.4) is 0 Å². The minimum atomic E-state index is -0.740. The topological polar surface area (TPSA) is 54.7 Å². The number of carbonyl (C=O) groups is 1. The van der Waals surface area contributed by atoms with E-state index in [1.165, 1.54) is 27.7 Å². The molecular weight excluding hydrogens is 400 g/mol. The van der Waals surface area contributed by atoms with Crippen LogP contribution < -0.4 is 4.74 Å². The van der Waals surface area contributed by atoms with Gasteiger partial charge in [-0.15, -0.1) is 0 Å². The number of aromatic nitrogens is 1. The van der Waals surface area contributed by atoms with E-state index in [-0.39, 0.29) is 6.42 Å². The van der Waals surface area contributed by atoms with E-state index < -0.39 is 5.97 Å². The van der Waals surface area contributed by atoms with Gasteiger partial charge >= 0.3 is 5.97 Å². The summed E-state index contributed by atoms with van der Waals surface area (Å²) >= 11 is 5.93. The summed E-state index contributed by atoms with van der Waals surface area (Å²) < 4.78 is 8.25. The zero-order valence-electron chi connectivity index (χ0n) is 17.2. The lowest BCUT2D eigenvalue weighted by molar-refractivity contribution is -0.137. The molecule has 30 heavy (non-hydrogen) atoms. The lowest BCUT2D eigenvalue weighted by Gasteiger charge is -2.27. The van der Waals surface area contributed by atoms with Crippen LogP contribution in [0.25, 0.3) is 10.9 Å². The highest BCUT2D eigenvalue weighted by atomic mass is 35.5. The van der Waals surface area contributed by atoms with Gasteiger partial charge in [-0.3, -0.25) is 9.69 Å². The Balaban J connectivity index is 1.40. The summed E-state index contributed by atoms with van der Waals surface area (Å²) in [5, 5.41) is 11.0. The molecule has 0 saturated heterocycles. The maximum Gasteiger partial charge on any atom is 0.304 e. The van der Waals surface area contributed by atoms with Gasteiger partial charge in [0.1, 0.15) is 5.75 Å². The molecule has 1 aromatic heterocycles. The Bertz CT molecular complexity index is 1040. The molecule has 1 aliphatic heterocycles. The molecule has 0 amide bonds. The largest absolute Gasteiger partial charge is 0.494 e. The van der Waals surface area contributed by atoms with E-state index >= 15 is 0 Å². The summed E-state index contributed by atoms with van der Waals surface area (Å²) in [4.78, 5) is 13.1. The molecule has 5 nitrogen and oxygen atoms in total. The van der Waals surface area contributed by atoms with E-state index in [0.717, 1.165) is 43.1 Å². The van der Waals surface area contributed by atoms with Crippen LogP contribution in [0.5, 0.6) is 5.75 Å². The summed E-state index contributed by atoms with van der Waals surface area (Å²) in [5.74, 6) is 0.148. The van der Waals surface area contributed by atoms with Crippen LogP contribution in [0.4, 0.5) is 0 Å². The fourth-order valence-electron chi connectivity index (χ4n) is 4.24. The number of rotatable bonds is 8. The van der Waals surface area contributed by atoms with E-state index in [1.54, 1.807) is 0 Å². The lowest BCUT2D eigenvalue weighted by Crippen LogP contribution is -2.32. The summed E-state index contributed by atoms with van der Waals surface area (Å²) in [6, 6.07) is 14.3. The van der Waals surface area contributed by atoms with Crippen LogP contribution in [0.2, 0.25) is 5.02 Å². The molecular formula is C24H27ClN2O3. The van der Waals surface area contributed by atoms with Crippen LogP contribution >= 0.6 is 11.6 Å². The van der Waals surface area contributed by atoms with Crippen LogP contribution in [0.1, 0.15) is 29.7 Å². The van der Waals surface area contributed by atoms with Gasteiger partial charge in [-0.05, 0) is 54.7 Å². The zero-order chi connectivity index (χ0) is 21.1. The van der Waals surface area contributed by atoms with Crippen molar-refractivity contribution in [3.63, 3.8) is 0 Å². The standard InChI is InChI=1S/C24H27ClN2O3/c1-26-22-15-19(30-14-2-3-17-4-6-18(25)7-5-17)8-9-20(22)21-10-12-27(16-23(21)26)13-11-24(28)29/h4-9,15H,2-3,10-14,16H2,1H3,(H,28,29). The van der Waals surface area contributed by atoms with Crippen molar-refractivity contribution in [2.45, 2.75) is 32.2 Å². The van der Waals surface area contributed by atoms with Crippen LogP contribution in [0, 0.1) is 0 Å². The number of aliphatic carboxylic acids is 1. The normalized spacial score (nSPS) is 14.1. The molecule has 3 aromatic rings. The van der Waals surface area contributed by atoms with Gasteiger partial charge in [-0.25, -0.2) is 0 Å². The molecule has 0 bridgehead atoms. The molecule has 158 valence electrons. The smallest absolute Gasteiger partial charge is 0.304 e. The second-order valence-electron chi connectivity index (χ2n) is 7.91. The second-order valence-corrected chi connectivity index (χ2v) is 8.35. The van der Waals surface area contributed by atoms with Gasteiger partial charge in [0.25, 0.3) is 0 Å². The predicted octanol–water partition coefficient (Wildman–Crippen LogP) is 4.68. The summed E-state index contributed by atoms with van der Waals surface area (Å²) in [6.07, 6.45) is 3.05. The average Bonchev–Trinajstić information content (AvgIpc) is 3.02. The highest BCUT2D eigenvalue weighted by Gasteiger charge is 2.23. The molecule has 0 atom stereocenters. The molecule has 0 aliphatic carbocycles. The summed E-state index contributed by atoms with van der Waals surface area (Å²) in [7, 11) is 2.09. The number of hydrogen-bond acceptors (Lipinski definition) is 3. The number of aryl methyl sites for hydroxylation is 2. The van der Waals surface area contributed by atoms with Gasteiger partial charge in [-0.1, -0.05) is 23.7 Å². The van der Waals surface area contributed by atoms with Gasteiger partial charge in [0.15, 0.2) is 0 Å². The van der Waals surface area contributed by atoms with E-state index in [1.807, 2.05) is 12.1 Å². The average molecular weight is 427 g/mol. The van der Waals surface area contributed by atoms with Gasteiger partial charge in [0.05, 0.1) is 18.5 Å². The number of ether oxygens (including phenoxy) is 1. The predicted molar refractivity (Wildman–Crippen MR) is 119 cm³/mol. The molecule has 2 aromatic carbocycles. The number of fused-ring (bicyclic) bond motifs is 3. The molecule has 0 radical (unpaired) electrons. The summed E-state index contributed by atoms with van der Waals surface area (Å²) in [6.45, 7) is 2.97. The monoisotopic (exact) mass is 426 g/mol. The maximum atomic E-state index is 10.9. The Morgan fingerprint density at radius 2 is 2.00 bits per heavy atom. The zero-order valence-corrected chi connectivity index (χ0v) is 18.0. The molecule has 0 saturated carbocycles. The number of halogens is 1. The first-order valence-electron chi connectivity index (χ1n) is 10.4. The summed E-state index contributed by atoms with van der Waals surface area (Å²) in [5.41, 5.74) is 5.10. The van der Waals surface area contributed by atoms with Crippen molar-refractivity contribution in [2.24, 2.45) is 7.05 Å². The second kappa shape index (κ2) is 9.11. The van der Waals surface area contributed by atoms with Crippen molar-refractivity contribution in [3.05, 3.63) is 64.3 Å². The Labute approximate surface area is 181 Å². The number of hydrogen-bond donors (Lipinski definition) is 1. The molecule has 1 N–H and O–H groups in total. The SMILES string of the molecule is Cn1c2c(c3ccc(OCCCc4ccc(Cl)cc4)cc31)CCN(CCC(=O)O)C2. The van der Waals surface area contributed by atoms with Crippen molar-refractivity contribution in [2.75, 3.05) is 19.7 Å². The molecule has 4 rings (SSSR count). The molecule has 0 unspecified atom stereocenters. The molecule has 1 aliphatic rings. The van der Waals surface area contributed by atoms with Crippen molar-refractivity contribution < 1.29 is 14.6 Å². The number of carboxylic acid groups (broad SMARTS) is 1. The van der Waals surface area contributed by atoms with Crippen molar-refractivity contribution >= 4 is 28.5 Å². The van der Waals surface area contributed by atoms with Crippen molar-refractivity contribution in [3.8, 4) is 5.75 Å².